The molecule has 1 aliphatic rings. The molecule has 0 radical (unpaired) electrons. The Bertz CT molecular complexity index is 1220. The molecule has 1 unspecified atom stereocenters. The van der Waals surface area contributed by atoms with E-state index in [2.05, 4.69) is 51.7 Å². The minimum atomic E-state index is -0.254. The number of rotatable bonds is 6. The minimum Gasteiger partial charge on any atom is -0.494 e. The van der Waals surface area contributed by atoms with Crippen LogP contribution in [0.5, 0.6) is 5.75 Å². The first-order valence-corrected chi connectivity index (χ1v) is 11.6. The molecule has 33 heavy (non-hydrogen) atoms. The van der Waals surface area contributed by atoms with Crippen molar-refractivity contribution in [3.8, 4) is 16.9 Å². The van der Waals surface area contributed by atoms with Gasteiger partial charge in [0.1, 0.15) is 29.2 Å². The molecule has 3 aromatic carbocycles. The number of fused-ring (bicyclic) bond motifs is 1. The van der Waals surface area contributed by atoms with Crippen LogP contribution in [0.3, 0.4) is 0 Å². The van der Waals surface area contributed by atoms with Crippen molar-refractivity contribution in [1.82, 2.24) is 9.97 Å². The van der Waals surface area contributed by atoms with E-state index in [0.717, 1.165) is 27.8 Å². The normalized spacial score (nSPS) is 15.3. The van der Waals surface area contributed by atoms with Crippen LogP contribution >= 0.6 is 0 Å². The highest BCUT2D eigenvalue weighted by Crippen LogP contribution is 2.39. The Labute approximate surface area is 193 Å². The lowest BCUT2D eigenvalue weighted by Gasteiger charge is -2.32. The summed E-state index contributed by atoms with van der Waals surface area (Å²) in [6.45, 7) is 0. The van der Waals surface area contributed by atoms with Gasteiger partial charge in [0, 0.05) is 5.39 Å². The Hall–Kier alpha value is -3.47. The molecule has 4 aromatic rings. The zero-order chi connectivity index (χ0) is 22.6. The maximum absolute atomic E-state index is 13.5. The fourth-order valence-electron chi connectivity index (χ4n) is 4.96. The van der Waals surface area contributed by atoms with Gasteiger partial charge in [0.25, 0.3) is 0 Å². The molecular formula is C28H28FN3O. The van der Waals surface area contributed by atoms with Gasteiger partial charge in [-0.3, -0.25) is 0 Å². The number of benzene rings is 3. The molecule has 1 aromatic heterocycles. The molecular weight excluding hydrogens is 413 g/mol. The molecule has 1 aliphatic carbocycles. The van der Waals surface area contributed by atoms with E-state index in [9.17, 15) is 4.39 Å². The highest BCUT2D eigenvalue weighted by atomic mass is 19.1. The quantitative estimate of drug-likeness (QED) is 0.344. The number of nitrogens with one attached hydrogen (secondary N) is 1. The van der Waals surface area contributed by atoms with Crippen LogP contribution in [0.1, 0.15) is 43.7 Å². The maximum Gasteiger partial charge on any atom is 0.145 e. The van der Waals surface area contributed by atoms with E-state index in [1.165, 1.54) is 49.8 Å². The van der Waals surface area contributed by atoms with Gasteiger partial charge >= 0.3 is 0 Å². The predicted molar refractivity (Wildman–Crippen MR) is 131 cm³/mol. The predicted octanol–water partition coefficient (Wildman–Crippen LogP) is 7.18. The van der Waals surface area contributed by atoms with Gasteiger partial charge in [-0.25, -0.2) is 14.4 Å². The number of hydrogen-bond donors (Lipinski definition) is 1. The molecule has 1 N–H and O–H groups in total. The summed E-state index contributed by atoms with van der Waals surface area (Å²) in [4.78, 5) is 9.17. The number of aromatic nitrogens is 2. The van der Waals surface area contributed by atoms with Gasteiger partial charge < -0.3 is 10.1 Å². The number of methoxy groups -OCH3 is 1. The van der Waals surface area contributed by atoms with E-state index in [1.54, 1.807) is 25.6 Å². The van der Waals surface area contributed by atoms with Crippen LogP contribution in [-0.2, 0) is 0 Å². The maximum atomic E-state index is 13.5. The van der Waals surface area contributed by atoms with Gasteiger partial charge in [0.2, 0.25) is 0 Å². The average Bonchev–Trinajstić information content (AvgIpc) is 2.88. The summed E-state index contributed by atoms with van der Waals surface area (Å²) in [5.74, 6) is 1.76. The number of halogens is 1. The second-order valence-corrected chi connectivity index (χ2v) is 8.73. The third-order valence-corrected chi connectivity index (χ3v) is 6.67. The van der Waals surface area contributed by atoms with Crippen molar-refractivity contribution in [1.29, 1.82) is 0 Å². The van der Waals surface area contributed by atoms with Crippen molar-refractivity contribution in [3.63, 3.8) is 0 Å². The molecule has 1 atom stereocenters. The Balaban J connectivity index is 1.60. The topological polar surface area (TPSA) is 47.0 Å². The third kappa shape index (κ3) is 4.54. The highest BCUT2D eigenvalue weighted by Gasteiger charge is 2.26. The molecule has 168 valence electrons. The molecule has 5 heteroatoms. The van der Waals surface area contributed by atoms with E-state index in [4.69, 9.17) is 4.74 Å². The summed E-state index contributed by atoms with van der Waals surface area (Å²) in [5, 5.41) is 4.68. The highest BCUT2D eigenvalue weighted by molar-refractivity contribution is 5.96. The van der Waals surface area contributed by atoms with Gasteiger partial charge in [0.15, 0.2) is 0 Å². The van der Waals surface area contributed by atoms with E-state index in [-0.39, 0.29) is 11.9 Å². The van der Waals surface area contributed by atoms with Crippen LogP contribution in [0.4, 0.5) is 10.2 Å². The number of nitrogens with zero attached hydrogens (tertiary/aromatic N) is 2. The molecule has 0 aliphatic heterocycles. The van der Waals surface area contributed by atoms with Crippen LogP contribution < -0.4 is 10.1 Å². The monoisotopic (exact) mass is 441 g/mol. The summed E-state index contributed by atoms with van der Waals surface area (Å²) in [6, 6.07) is 21.3. The first-order chi connectivity index (χ1) is 16.2. The molecule has 0 spiro atoms. The zero-order valence-electron chi connectivity index (χ0n) is 18.8. The van der Waals surface area contributed by atoms with E-state index < -0.39 is 0 Å². The molecule has 1 saturated carbocycles. The van der Waals surface area contributed by atoms with Crippen molar-refractivity contribution < 1.29 is 9.13 Å². The SMILES string of the molecule is COc1cc(-c2ccc(F)cc2)cc2c(NC(c3ccccc3)C3CCCCC3)ncnc12. The summed E-state index contributed by atoms with van der Waals surface area (Å²) in [7, 11) is 1.65. The smallest absolute Gasteiger partial charge is 0.145 e. The lowest BCUT2D eigenvalue weighted by Crippen LogP contribution is -2.23. The first-order valence-electron chi connectivity index (χ1n) is 11.6. The fraction of sp³-hybridized carbons (Fsp3) is 0.286. The second-order valence-electron chi connectivity index (χ2n) is 8.73. The van der Waals surface area contributed by atoms with Crippen LogP contribution in [0.15, 0.2) is 73.1 Å². The van der Waals surface area contributed by atoms with Gasteiger partial charge in [-0.1, -0.05) is 61.7 Å². The lowest BCUT2D eigenvalue weighted by atomic mass is 9.81. The molecule has 0 amide bonds. The summed E-state index contributed by atoms with van der Waals surface area (Å²) < 4.78 is 19.2. The average molecular weight is 442 g/mol. The van der Waals surface area contributed by atoms with Crippen molar-refractivity contribution in [2.75, 3.05) is 12.4 Å². The Morgan fingerprint density at radius 2 is 1.67 bits per heavy atom. The van der Waals surface area contributed by atoms with Crippen LogP contribution in [0.25, 0.3) is 22.0 Å². The molecule has 0 bridgehead atoms. The molecule has 1 heterocycles. The Morgan fingerprint density at radius 1 is 0.909 bits per heavy atom. The van der Waals surface area contributed by atoms with Crippen LogP contribution in [0, 0.1) is 11.7 Å². The fourth-order valence-corrected chi connectivity index (χ4v) is 4.96. The minimum absolute atomic E-state index is 0.171. The van der Waals surface area contributed by atoms with Crippen molar-refractivity contribution >= 4 is 16.7 Å². The number of ether oxygens (including phenoxy) is 1. The van der Waals surface area contributed by atoms with Crippen LogP contribution in [-0.4, -0.2) is 17.1 Å². The van der Waals surface area contributed by atoms with Gasteiger partial charge in [0.05, 0.1) is 13.2 Å². The van der Waals surface area contributed by atoms with Crippen LogP contribution in [0.2, 0.25) is 0 Å². The van der Waals surface area contributed by atoms with Crippen molar-refractivity contribution in [3.05, 3.63) is 84.4 Å². The summed E-state index contributed by atoms with van der Waals surface area (Å²) in [6.07, 6.45) is 7.85. The van der Waals surface area contributed by atoms with Gasteiger partial charge in [-0.05, 0) is 59.7 Å². The number of anilines is 1. The number of hydrogen-bond acceptors (Lipinski definition) is 4. The molecule has 5 rings (SSSR count). The van der Waals surface area contributed by atoms with E-state index in [1.807, 2.05) is 6.07 Å². The van der Waals surface area contributed by atoms with Gasteiger partial charge in [-0.2, -0.15) is 0 Å². The Morgan fingerprint density at radius 3 is 2.39 bits per heavy atom. The van der Waals surface area contributed by atoms with Crippen molar-refractivity contribution in [2.24, 2.45) is 5.92 Å². The standard InChI is InChI=1S/C28H28FN3O/c1-33-25-17-22(19-12-14-23(29)15-13-19)16-24-27(25)30-18-31-28(24)32-26(20-8-4-2-5-9-20)21-10-6-3-7-11-21/h2,4-5,8-9,12-18,21,26H,3,6-7,10-11H2,1H3,(H,30,31,32). The molecule has 1 fully saturated rings. The lowest BCUT2D eigenvalue weighted by molar-refractivity contribution is 0.320. The Kier molecular flexibility index (Phi) is 6.20. The molecule has 4 nitrogen and oxygen atoms in total. The first kappa shape index (κ1) is 21.4. The largest absolute Gasteiger partial charge is 0.494 e. The van der Waals surface area contributed by atoms with E-state index in [0.29, 0.717) is 11.7 Å². The summed E-state index contributed by atoms with van der Waals surface area (Å²) >= 11 is 0. The van der Waals surface area contributed by atoms with Crippen molar-refractivity contribution in [2.45, 2.75) is 38.1 Å². The van der Waals surface area contributed by atoms with E-state index >= 15 is 0 Å². The zero-order valence-corrected chi connectivity index (χ0v) is 18.8. The summed E-state index contributed by atoms with van der Waals surface area (Å²) in [5.41, 5.74) is 3.89. The third-order valence-electron chi connectivity index (χ3n) is 6.67. The molecule has 0 saturated heterocycles. The van der Waals surface area contributed by atoms with Gasteiger partial charge in [-0.15, -0.1) is 0 Å². The second kappa shape index (κ2) is 9.57.